The van der Waals surface area contributed by atoms with E-state index in [2.05, 4.69) is 42.5 Å². The maximum atomic E-state index is 13.4. The van der Waals surface area contributed by atoms with E-state index in [0.717, 1.165) is 68.1 Å². The predicted molar refractivity (Wildman–Crippen MR) is 180 cm³/mol. The first-order valence-electron chi connectivity index (χ1n) is 17.0. The Morgan fingerprint density at radius 2 is 1.78 bits per heavy atom. The number of aryl methyl sites for hydroxylation is 1. The molecule has 8 unspecified atom stereocenters. The Balaban J connectivity index is 1.39. The minimum Gasteiger partial charge on any atom is -0.491 e. The second-order valence-electron chi connectivity index (χ2n) is 13.8. The Morgan fingerprint density at radius 1 is 0.978 bits per heavy atom. The van der Waals surface area contributed by atoms with Gasteiger partial charge < -0.3 is 19.1 Å². The lowest BCUT2D eigenvalue weighted by Gasteiger charge is -2.50. The van der Waals surface area contributed by atoms with Crippen LogP contribution in [0.15, 0.2) is 36.4 Å². The lowest BCUT2D eigenvalue weighted by Crippen LogP contribution is -2.50. The van der Waals surface area contributed by atoms with E-state index >= 15 is 0 Å². The van der Waals surface area contributed by atoms with E-state index < -0.39 is 11.0 Å². The average Bonchev–Trinajstić information content (AvgIpc) is 3.50. The highest BCUT2D eigenvalue weighted by molar-refractivity contribution is 7.84. The van der Waals surface area contributed by atoms with Gasteiger partial charge in [-0.15, -0.1) is 0 Å². The van der Waals surface area contributed by atoms with E-state index in [0.29, 0.717) is 49.1 Å². The fraction of sp³-hybridized carbons (Fsp3) is 0.639. The summed E-state index contributed by atoms with van der Waals surface area (Å²) in [5.74, 6) is 2.67. The van der Waals surface area contributed by atoms with E-state index in [4.69, 9.17) is 25.8 Å². The van der Waals surface area contributed by atoms with Crippen molar-refractivity contribution in [3.63, 3.8) is 0 Å². The van der Waals surface area contributed by atoms with Crippen LogP contribution < -0.4 is 14.4 Å². The third kappa shape index (κ3) is 7.09. The molecule has 0 aromatic heterocycles. The smallest absolute Gasteiger partial charge is 0.263 e. The van der Waals surface area contributed by atoms with Gasteiger partial charge in [-0.1, -0.05) is 51.3 Å². The molecule has 3 heterocycles. The summed E-state index contributed by atoms with van der Waals surface area (Å²) in [6.45, 7) is 12.2. The zero-order valence-corrected chi connectivity index (χ0v) is 28.7. The largest absolute Gasteiger partial charge is 0.491 e. The van der Waals surface area contributed by atoms with Gasteiger partial charge in [-0.25, -0.2) is 4.21 Å². The minimum atomic E-state index is -1.49. The van der Waals surface area contributed by atoms with Crippen molar-refractivity contribution >= 4 is 34.2 Å². The maximum Gasteiger partial charge on any atom is 0.263 e. The number of hydrogen-bond donors (Lipinski definition) is 1. The number of hydrogen-bond acceptors (Lipinski definition) is 6. The van der Waals surface area contributed by atoms with E-state index in [9.17, 15) is 9.00 Å². The van der Waals surface area contributed by atoms with Crippen LogP contribution in [0.2, 0.25) is 5.02 Å². The van der Waals surface area contributed by atoms with Gasteiger partial charge in [-0.05, 0) is 97.7 Å². The predicted octanol–water partition coefficient (Wildman–Crippen LogP) is 7.14. The number of nitrogens with zero attached hydrogens (tertiary/aromatic N) is 1. The Labute approximate surface area is 276 Å². The van der Waals surface area contributed by atoms with Crippen molar-refractivity contribution < 1.29 is 23.2 Å². The summed E-state index contributed by atoms with van der Waals surface area (Å²) in [7, 11) is -1.49. The van der Waals surface area contributed by atoms with Crippen molar-refractivity contribution in [3.8, 4) is 5.75 Å². The summed E-state index contributed by atoms with van der Waals surface area (Å²) in [5, 5.41) is 0.601. The molecule has 0 radical (unpaired) electrons. The summed E-state index contributed by atoms with van der Waals surface area (Å²) in [6.07, 6.45) is 5.99. The molecule has 6 rings (SSSR count). The summed E-state index contributed by atoms with van der Waals surface area (Å²) in [5.41, 5.74) is 3.98. The number of anilines is 1. The highest BCUT2D eigenvalue weighted by Gasteiger charge is 2.47. The molecule has 1 amide bonds. The molecule has 45 heavy (non-hydrogen) atoms. The molecule has 1 saturated heterocycles. The number of fused-ring (bicyclic) bond motifs is 2. The molecule has 2 bridgehead atoms. The Kier molecular flexibility index (Phi) is 10.4. The van der Waals surface area contributed by atoms with Crippen LogP contribution >= 0.6 is 11.6 Å². The summed E-state index contributed by atoms with van der Waals surface area (Å²) in [4.78, 5) is 15.9. The molecule has 2 aromatic carbocycles. The van der Waals surface area contributed by atoms with Gasteiger partial charge in [0.15, 0.2) is 6.29 Å². The minimum absolute atomic E-state index is 0.139. The standard InChI is InChI=1S/C36H49ClN2O5S/c1-5-7-25-17-28(37)11-12-29(25)27-19-39-20-32-23(3)16-31(32)30(36-42-14-15-43-36)9-6-8-22(2)24(4)45(41)38-35(40)26-10-13-34(44-21-27)33(39)18-26/h10-13,17-18,22-24,27,30-32,36H,5-9,14-16,19-21H2,1-4H3,(H,38,40). The molecule has 1 N–H and O–H groups in total. The van der Waals surface area contributed by atoms with E-state index in [1.807, 2.05) is 25.1 Å². The number of rotatable bonds is 4. The van der Waals surface area contributed by atoms with Crippen LogP contribution in [0.25, 0.3) is 0 Å². The molecule has 246 valence electrons. The molecule has 1 saturated carbocycles. The fourth-order valence-electron chi connectivity index (χ4n) is 8.06. The molecule has 3 aliphatic heterocycles. The third-order valence-corrected chi connectivity index (χ3v) is 12.7. The van der Waals surface area contributed by atoms with Gasteiger partial charge in [0.05, 0.1) is 30.8 Å². The van der Waals surface area contributed by atoms with Crippen molar-refractivity contribution in [2.45, 2.75) is 83.7 Å². The number of ether oxygens (including phenoxy) is 3. The quantitative estimate of drug-likeness (QED) is 0.377. The number of benzene rings is 2. The van der Waals surface area contributed by atoms with Crippen LogP contribution in [-0.2, 0) is 26.9 Å². The Morgan fingerprint density at radius 3 is 2.53 bits per heavy atom. The van der Waals surface area contributed by atoms with E-state index in [1.165, 1.54) is 11.1 Å². The summed E-state index contributed by atoms with van der Waals surface area (Å²) < 4.78 is 35.0. The van der Waals surface area contributed by atoms with Crippen molar-refractivity contribution in [1.82, 2.24) is 4.72 Å². The number of amides is 1. The molecular formula is C36H49ClN2O5S. The second-order valence-corrected chi connectivity index (χ2v) is 15.8. The Hall–Kier alpha value is -2.13. The number of carbonyl (C=O) groups is 1. The van der Waals surface area contributed by atoms with Gasteiger partial charge in [-0.3, -0.25) is 9.52 Å². The second kappa shape index (κ2) is 14.3. The van der Waals surface area contributed by atoms with Gasteiger partial charge in [0.2, 0.25) is 0 Å². The van der Waals surface area contributed by atoms with Gasteiger partial charge in [0.1, 0.15) is 16.7 Å². The first-order valence-corrected chi connectivity index (χ1v) is 18.6. The first-order chi connectivity index (χ1) is 21.7. The fourth-order valence-corrected chi connectivity index (χ4v) is 9.30. The monoisotopic (exact) mass is 656 g/mol. The van der Waals surface area contributed by atoms with Gasteiger partial charge in [-0.2, -0.15) is 0 Å². The highest BCUT2D eigenvalue weighted by Crippen LogP contribution is 2.50. The van der Waals surface area contributed by atoms with Gasteiger partial charge in [0, 0.05) is 35.5 Å². The van der Waals surface area contributed by atoms with Gasteiger partial charge in [0.25, 0.3) is 5.91 Å². The van der Waals surface area contributed by atoms with Crippen LogP contribution in [0, 0.1) is 29.6 Å². The van der Waals surface area contributed by atoms with Crippen LogP contribution in [0.5, 0.6) is 5.75 Å². The molecule has 2 aromatic rings. The van der Waals surface area contributed by atoms with E-state index in [-0.39, 0.29) is 29.3 Å². The molecule has 1 aliphatic carbocycles. The van der Waals surface area contributed by atoms with Crippen LogP contribution in [-0.4, -0.2) is 54.6 Å². The van der Waals surface area contributed by atoms with Crippen LogP contribution in [0.3, 0.4) is 0 Å². The third-order valence-electron chi connectivity index (χ3n) is 10.9. The van der Waals surface area contributed by atoms with Gasteiger partial charge >= 0.3 is 0 Å². The molecular weight excluding hydrogens is 608 g/mol. The SMILES string of the molecule is CCCc1cc(Cl)ccc1C1COc2ccc3cc2N(C1)CC1C(C)CC1C(C1OCCO1)CCCC(C)C(C)S(=O)NC3=O. The van der Waals surface area contributed by atoms with Crippen molar-refractivity contribution in [2.75, 3.05) is 37.8 Å². The highest BCUT2D eigenvalue weighted by atomic mass is 35.5. The summed E-state index contributed by atoms with van der Waals surface area (Å²) in [6, 6.07) is 11.9. The Bertz CT molecular complexity index is 1380. The van der Waals surface area contributed by atoms with Crippen molar-refractivity contribution in [3.05, 3.63) is 58.1 Å². The summed E-state index contributed by atoms with van der Waals surface area (Å²) >= 11 is 6.45. The lowest BCUT2D eigenvalue weighted by atomic mass is 9.59. The number of carbonyl (C=O) groups excluding carboxylic acids is 1. The molecule has 8 atom stereocenters. The molecule has 0 spiro atoms. The zero-order chi connectivity index (χ0) is 31.7. The molecule has 7 nitrogen and oxygen atoms in total. The average molecular weight is 657 g/mol. The first kappa shape index (κ1) is 32.8. The topological polar surface area (TPSA) is 77.1 Å². The molecule has 4 aliphatic rings. The zero-order valence-electron chi connectivity index (χ0n) is 27.1. The number of nitrogens with one attached hydrogen (secondary N) is 1. The van der Waals surface area contributed by atoms with Crippen LogP contribution in [0.4, 0.5) is 5.69 Å². The normalized spacial score (nSPS) is 33.0. The van der Waals surface area contributed by atoms with Crippen molar-refractivity contribution in [2.24, 2.45) is 29.6 Å². The number of halogens is 1. The van der Waals surface area contributed by atoms with Crippen LogP contribution in [0.1, 0.15) is 87.2 Å². The van der Waals surface area contributed by atoms with Crippen molar-refractivity contribution in [1.29, 1.82) is 0 Å². The van der Waals surface area contributed by atoms with E-state index in [1.54, 1.807) is 6.07 Å². The maximum absolute atomic E-state index is 13.4. The molecule has 9 heteroatoms. The lowest BCUT2D eigenvalue weighted by molar-refractivity contribution is -0.133. The molecule has 2 fully saturated rings.